The predicted octanol–water partition coefficient (Wildman–Crippen LogP) is 6.10. The van der Waals surface area contributed by atoms with Crippen LogP contribution >= 0.6 is 0 Å². The van der Waals surface area contributed by atoms with E-state index in [0.29, 0.717) is 18.8 Å². The maximum atomic E-state index is 15.5. The van der Waals surface area contributed by atoms with Crippen molar-refractivity contribution in [2.24, 2.45) is 35.0 Å². The first-order valence-electron chi connectivity index (χ1n) is 23.1. The monoisotopic (exact) mass is 855 g/mol. The second-order valence-electron chi connectivity index (χ2n) is 19.9. The van der Waals surface area contributed by atoms with Gasteiger partial charge in [0.15, 0.2) is 0 Å². The molecule has 2 N–H and O–H groups in total. The van der Waals surface area contributed by atoms with Crippen LogP contribution in [0.4, 0.5) is 0 Å². The molecule has 4 fully saturated rings. The van der Waals surface area contributed by atoms with Crippen LogP contribution in [-0.4, -0.2) is 134 Å². The van der Waals surface area contributed by atoms with E-state index in [1.807, 2.05) is 11.9 Å². The molecule has 338 valence electrons. The summed E-state index contributed by atoms with van der Waals surface area (Å²) < 4.78 is 24.3. The van der Waals surface area contributed by atoms with Gasteiger partial charge in [0.1, 0.15) is 11.5 Å². The van der Waals surface area contributed by atoms with E-state index >= 15 is 4.79 Å². The number of hydrogen-bond acceptors (Lipinski definition) is 11. The molecule has 1 aromatic heterocycles. The Morgan fingerprint density at radius 2 is 1.81 bits per heavy atom. The van der Waals surface area contributed by atoms with Crippen LogP contribution < -0.4 is 0 Å². The molecule has 6 aliphatic rings. The number of hydrogen-bond donors (Lipinski definition) is 2. The number of carbonyl (C=O) groups is 3. The number of aromatic nitrogens is 1. The molecule has 2 aliphatic carbocycles. The number of esters is 3. The van der Waals surface area contributed by atoms with E-state index in [4.69, 9.17) is 18.9 Å². The lowest BCUT2D eigenvalue weighted by atomic mass is 9.50. The first-order valence-corrected chi connectivity index (χ1v) is 23.1. The molecule has 1 saturated carbocycles. The number of allylic oxidation sites excluding steroid dienone is 1. The molecule has 8 rings (SSSR count). The molecule has 5 heterocycles. The average Bonchev–Trinajstić information content (AvgIpc) is 3.88. The van der Waals surface area contributed by atoms with Crippen molar-refractivity contribution in [1.82, 2.24) is 19.7 Å². The second-order valence-corrected chi connectivity index (χ2v) is 19.9. The zero-order valence-electron chi connectivity index (χ0n) is 38.9. The third kappa shape index (κ3) is 6.54. The van der Waals surface area contributed by atoms with Crippen LogP contribution in [0, 0.1) is 41.9 Å². The van der Waals surface area contributed by atoms with Gasteiger partial charge in [-0.05, 0) is 112 Å². The normalized spacial score (nSPS) is 34.1. The number of methoxy groups -OCH3 is 3. The number of aliphatic hydroxyl groups is 1. The number of fused-ring (bicyclic) bond motifs is 2. The minimum absolute atomic E-state index is 0.0159. The molecule has 0 radical (unpaired) electrons. The van der Waals surface area contributed by atoms with E-state index in [0.717, 1.165) is 85.3 Å². The topological polar surface area (TPSA) is 134 Å². The molecule has 12 nitrogen and oxygen atoms in total. The third-order valence-corrected chi connectivity index (χ3v) is 16.1. The Bertz CT molecular complexity index is 2190. The molecule has 2 aromatic rings. The minimum atomic E-state index is -2.21. The van der Waals surface area contributed by atoms with Crippen molar-refractivity contribution in [3.8, 4) is 0 Å². The van der Waals surface area contributed by atoms with Gasteiger partial charge in [0.2, 0.25) is 5.60 Å². The predicted molar refractivity (Wildman–Crippen MR) is 238 cm³/mol. The van der Waals surface area contributed by atoms with Crippen molar-refractivity contribution in [1.29, 1.82) is 0 Å². The number of nitrogens with one attached hydrogen (secondary N) is 1. The molecule has 0 amide bonds. The molecule has 0 bridgehead atoms. The summed E-state index contributed by atoms with van der Waals surface area (Å²) in [6.45, 7) is 15.5. The SMILES string of the molecule is CCC1=C[C@H](C[C@@](C(=O)OC)(c2[nH]c3ccc(CC(C)C)cc3c2C)C2C=C3C(=CC2OC)N(C)[C@H]2[C@@](O)(C(=O)OC)[C@H](OC(C)=O)C4[C@@H](CC)CCN5CC[C@]32[C@H]45)CN(C)C1. The zero-order valence-corrected chi connectivity index (χ0v) is 38.9. The van der Waals surface area contributed by atoms with Crippen LogP contribution in [0.3, 0.4) is 0 Å². The lowest BCUT2D eigenvalue weighted by molar-refractivity contribution is -0.238. The van der Waals surface area contributed by atoms with Gasteiger partial charge in [-0.1, -0.05) is 57.9 Å². The summed E-state index contributed by atoms with van der Waals surface area (Å²) in [4.78, 5) is 53.6. The molecule has 11 atom stereocenters. The van der Waals surface area contributed by atoms with Gasteiger partial charge in [-0.15, -0.1) is 0 Å². The van der Waals surface area contributed by atoms with Gasteiger partial charge in [0.25, 0.3) is 0 Å². The van der Waals surface area contributed by atoms with Gasteiger partial charge < -0.3 is 38.8 Å². The number of likely N-dealkylation sites (N-methyl/N-ethyl adjacent to an activating group) is 2. The summed E-state index contributed by atoms with van der Waals surface area (Å²) in [6.07, 6.45) is 9.66. The summed E-state index contributed by atoms with van der Waals surface area (Å²) in [5.74, 6) is -2.05. The number of carbonyl (C=O) groups excluding carboxylic acids is 3. The summed E-state index contributed by atoms with van der Waals surface area (Å²) in [6, 6.07) is 5.59. The highest BCUT2D eigenvalue weighted by Gasteiger charge is 2.79. The van der Waals surface area contributed by atoms with Crippen molar-refractivity contribution in [2.75, 3.05) is 61.6 Å². The quantitative estimate of drug-likeness (QED) is 0.146. The van der Waals surface area contributed by atoms with Gasteiger partial charge in [0, 0.05) is 79.8 Å². The zero-order chi connectivity index (χ0) is 44.6. The maximum absolute atomic E-state index is 15.5. The average molecular weight is 855 g/mol. The fourth-order valence-electron chi connectivity index (χ4n) is 13.9. The maximum Gasteiger partial charge on any atom is 0.344 e. The van der Waals surface area contributed by atoms with E-state index in [9.17, 15) is 14.7 Å². The van der Waals surface area contributed by atoms with Crippen LogP contribution in [-0.2, 0) is 45.2 Å². The Labute approximate surface area is 368 Å². The number of aromatic amines is 1. The lowest BCUT2D eigenvalue weighted by Crippen LogP contribution is -2.77. The van der Waals surface area contributed by atoms with Crippen molar-refractivity contribution in [3.05, 3.63) is 70.1 Å². The number of aryl methyl sites for hydroxylation is 1. The van der Waals surface area contributed by atoms with E-state index < -0.39 is 52.5 Å². The number of likely N-dealkylation sites (tertiary alicyclic amines) is 1. The highest BCUT2D eigenvalue weighted by Crippen LogP contribution is 2.68. The Kier molecular flexibility index (Phi) is 11.9. The number of piperidine rings is 1. The molecule has 3 saturated heterocycles. The molecule has 1 aromatic carbocycles. The number of H-pyrrole nitrogens is 1. The van der Waals surface area contributed by atoms with Crippen LogP contribution in [0.25, 0.3) is 10.9 Å². The first-order chi connectivity index (χ1) is 29.5. The number of rotatable bonds is 12. The first kappa shape index (κ1) is 44.6. The molecule has 62 heavy (non-hydrogen) atoms. The van der Waals surface area contributed by atoms with Gasteiger partial charge in [-0.25, -0.2) is 4.79 Å². The van der Waals surface area contributed by atoms with Crippen molar-refractivity contribution >= 4 is 28.8 Å². The van der Waals surface area contributed by atoms with Crippen LogP contribution in [0.5, 0.6) is 0 Å². The number of nitrogens with zero attached hydrogens (tertiary/aromatic N) is 3. The smallest absolute Gasteiger partial charge is 0.344 e. The van der Waals surface area contributed by atoms with Crippen LogP contribution in [0.15, 0.2) is 53.3 Å². The minimum Gasteiger partial charge on any atom is -0.468 e. The van der Waals surface area contributed by atoms with E-state index in [2.05, 4.69) is 92.9 Å². The van der Waals surface area contributed by atoms with Crippen LogP contribution in [0.2, 0.25) is 0 Å². The van der Waals surface area contributed by atoms with E-state index in [1.165, 1.54) is 32.3 Å². The van der Waals surface area contributed by atoms with Crippen molar-refractivity contribution < 1.29 is 38.4 Å². The van der Waals surface area contributed by atoms with Gasteiger partial charge in [0.05, 0.1) is 26.4 Å². The highest BCUT2D eigenvalue weighted by atomic mass is 16.6. The molecule has 1 spiro atoms. The van der Waals surface area contributed by atoms with Crippen molar-refractivity contribution in [3.63, 3.8) is 0 Å². The summed E-state index contributed by atoms with van der Waals surface area (Å²) >= 11 is 0. The Balaban J connectivity index is 1.41. The third-order valence-electron chi connectivity index (χ3n) is 16.1. The summed E-state index contributed by atoms with van der Waals surface area (Å²) in [5, 5.41) is 14.4. The fraction of sp³-hybridized carbons (Fsp3) is 0.660. The summed E-state index contributed by atoms with van der Waals surface area (Å²) in [7, 11) is 8.55. The van der Waals surface area contributed by atoms with Gasteiger partial charge >= 0.3 is 17.9 Å². The van der Waals surface area contributed by atoms with E-state index in [-0.39, 0.29) is 29.8 Å². The lowest BCUT2D eigenvalue weighted by Gasteiger charge is -2.61. The Morgan fingerprint density at radius 1 is 1.05 bits per heavy atom. The molecule has 12 heteroatoms. The standard InChI is InChI=1S/C50H70N4O8/c1-12-31-21-33(27-52(7)26-31)25-49(46(56)60-10,42-29(5)35-22-32(20-28(3)4)14-15-38(35)51-42)37-23-36-39(24-40(37)59-9)53(8)45-48(36)17-19-54-18-16-34(13-2)41(43(48)54)44(62-30(6)55)50(45,58)47(57)61-11/h14-15,21-24,28,33-34,37,40-41,43-45,51,58H,12-13,16-20,25-27H2,1-11H3/t33-,34+,37?,40?,41?,43+,44-,45-,48-,49+,50-/m1/s1. The number of ether oxygens (including phenoxy) is 4. The summed E-state index contributed by atoms with van der Waals surface area (Å²) in [5.41, 5.74) is 2.96. The highest BCUT2D eigenvalue weighted by molar-refractivity contribution is 5.91. The van der Waals surface area contributed by atoms with Crippen molar-refractivity contribution in [2.45, 2.75) is 115 Å². The molecular weight excluding hydrogens is 785 g/mol. The largest absolute Gasteiger partial charge is 0.468 e. The molecule has 3 unspecified atom stereocenters. The Hall–Kier alpha value is -3.97. The second kappa shape index (κ2) is 16.5. The Morgan fingerprint density at radius 3 is 2.45 bits per heavy atom. The van der Waals surface area contributed by atoms with E-state index in [1.54, 1.807) is 7.11 Å². The van der Waals surface area contributed by atoms with Gasteiger partial charge in [-0.3, -0.25) is 14.5 Å². The van der Waals surface area contributed by atoms with Gasteiger partial charge in [-0.2, -0.15) is 0 Å². The molecular formula is C50H70N4O8. The van der Waals surface area contributed by atoms with Crippen LogP contribution in [0.1, 0.15) is 83.5 Å². The fourth-order valence-corrected chi connectivity index (χ4v) is 13.9. The number of benzene rings is 1. The molecule has 4 aliphatic heterocycles.